The number of ether oxygens (including phenoxy) is 1. The monoisotopic (exact) mass is 334 g/mol. The summed E-state index contributed by atoms with van der Waals surface area (Å²) in [5.41, 5.74) is 0.295. The van der Waals surface area contributed by atoms with Crippen LogP contribution in [0, 0.1) is 0 Å². The second-order valence-corrected chi connectivity index (χ2v) is 8.00. The van der Waals surface area contributed by atoms with Gasteiger partial charge in [0.25, 0.3) is 0 Å². The van der Waals surface area contributed by atoms with Gasteiger partial charge in [-0.1, -0.05) is 26.0 Å². The van der Waals surface area contributed by atoms with Gasteiger partial charge in [-0.05, 0) is 39.3 Å². The van der Waals surface area contributed by atoms with E-state index in [1.165, 1.54) is 0 Å². The lowest BCUT2D eigenvalue weighted by molar-refractivity contribution is -0.138. The quantitative estimate of drug-likeness (QED) is 0.839. The van der Waals surface area contributed by atoms with E-state index < -0.39 is 29.7 Å². The summed E-state index contributed by atoms with van der Waals surface area (Å²) in [5, 5.41) is 9.16. The highest BCUT2D eigenvalue weighted by molar-refractivity contribution is 6.63. The molecule has 1 aromatic carbocycles. The van der Waals surface area contributed by atoms with Crippen molar-refractivity contribution >= 4 is 18.6 Å². The van der Waals surface area contributed by atoms with Crippen molar-refractivity contribution in [1.82, 2.24) is 0 Å². The maximum atomic E-state index is 11.1. The molecule has 0 atom stereocenters. The molecule has 1 fully saturated rings. The number of hydrogen-bond acceptors (Lipinski definition) is 4. The predicted octanol–water partition coefficient (Wildman–Crippen LogP) is 2.75. The van der Waals surface area contributed by atoms with E-state index in [1.807, 2.05) is 59.7 Å². The van der Waals surface area contributed by atoms with Crippen LogP contribution in [-0.4, -0.2) is 36.5 Å². The topological polar surface area (TPSA) is 65.0 Å². The fourth-order valence-electron chi connectivity index (χ4n) is 2.79. The van der Waals surface area contributed by atoms with Crippen molar-refractivity contribution in [1.29, 1.82) is 0 Å². The van der Waals surface area contributed by atoms with Crippen LogP contribution >= 0.6 is 0 Å². The lowest BCUT2D eigenvalue weighted by Gasteiger charge is -2.32. The summed E-state index contributed by atoms with van der Waals surface area (Å²) in [5.74, 6) is -0.156. The molecule has 1 N–H and O–H groups in total. The van der Waals surface area contributed by atoms with Gasteiger partial charge in [-0.3, -0.25) is 4.79 Å². The van der Waals surface area contributed by atoms with Gasteiger partial charge in [0.05, 0.1) is 24.7 Å². The van der Waals surface area contributed by atoms with Gasteiger partial charge in [0.2, 0.25) is 0 Å². The third-order valence-electron chi connectivity index (χ3n) is 5.11. The van der Waals surface area contributed by atoms with Gasteiger partial charge in [0.15, 0.2) is 0 Å². The number of methoxy groups -OCH3 is 1. The van der Waals surface area contributed by atoms with E-state index in [4.69, 9.17) is 19.2 Å². The van der Waals surface area contributed by atoms with Crippen LogP contribution in [-0.2, 0) is 19.5 Å². The molecule has 1 aliphatic rings. The van der Waals surface area contributed by atoms with Crippen LogP contribution in [0.3, 0.4) is 0 Å². The fourth-order valence-corrected chi connectivity index (χ4v) is 2.79. The second-order valence-electron chi connectivity index (χ2n) is 8.00. The average molecular weight is 334 g/mol. The summed E-state index contributed by atoms with van der Waals surface area (Å²) in [6, 6.07) is 5.68. The zero-order chi connectivity index (χ0) is 18.3. The molecule has 0 radical (unpaired) electrons. The molecular formula is C18H27BO5. The van der Waals surface area contributed by atoms with Crippen molar-refractivity contribution in [3.63, 3.8) is 0 Å². The van der Waals surface area contributed by atoms with Gasteiger partial charge in [-0.25, -0.2) is 0 Å². The summed E-state index contributed by atoms with van der Waals surface area (Å²) >= 11 is 0. The van der Waals surface area contributed by atoms with Crippen molar-refractivity contribution < 1.29 is 23.9 Å². The highest BCUT2D eigenvalue weighted by Gasteiger charge is 2.52. The van der Waals surface area contributed by atoms with Gasteiger partial charge in [0.1, 0.15) is 5.75 Å². The summed E-state index contributed by atoms with van der Waals surface area (Å²) in [6.07, 6.45) is 0.0438. The Bertz CT molecular complexity index is 620. The molecule has 24 heavy (non-hydrogen) atoms. The van der Waals surface area contributed by atoms with Gasteiger partial charge in [-0.2, -0.15) is 0 Å². The number of carboxylic acids is 1. The first kappa shape index (κ1) is 18.8. The molecule has 0 saturated carbocycles. The average Bonchev–Trinajstić information content (AvgIpc) is 2.65. The molecule has 0 aliphatic carbocycles. The Labute approximate surface area is 144 Å². The number of benzene rings is 1. The predicted molar refractivity (Wildman–Crippen MR) is 94.0 cm³/mol. The second kappa shape index (κ2) is 6.08. The lowest BCUT2D eigenvalue weighted by atomic mass is 9.73. The zero-order valence-corrected chi connectivity index (χ0v) is 15.6. The Morgan fingerprint density at radius 1 is 1.21 bits per heavy atom. The van der Waals surface area contributed by atoms with Crippen LogP contribution in [0.5, 0.6) is 5.75 Å². The molecule has 1 aliphatic heterocycles. The Hall–Kier alpha value is -1.53. The first-order valence-electron chi connectivity index (χ1n) is 8.15. The zero-order valence-electron chi connectivity index (χ0n) is 15.6. The van der Waals surface area contributed by atoms with Crippen LogP contribution in [0.25, 0.3) is 0 Å². The summed E-state index contributed by atoms with van der Waals surface area (Å²) in [7, 11) is 1.05. The molecule has 1 aromatic rings. The number of carboxylic acid groups (broad SMARTS) is 1. The minimum atomic E-state index is -0.826. The first-order chi connectivity index (χ1) is 10.9. The molecule has 1 saturated heterocycles. The van der Waals surface area contributed by atoms with Crippen LogP contribution < -0.4 is 10.2 Å². The molecule has 6 heteroatoms. The van der Waals surface area contributed by atoms with E-state index in [9.17, 15) is 4.79 Å². The van der Waals surface area contributed by atoms with Crippen molar-refractivity contribution in [2.75, 3.05) is 7.11 Å². The minimum Gasteiger partial charge on any atom is -0.497 e. The molecule has 0 aromatic heterocycles. The molecule has 0 unspecified atom stereocenters. The van der Waals surface area contributed by atoms with Gasteiger partial charge in [0, 0.05) is 10.9 Å². The normalized spacial score (nSPS) is 19.4. The lowest BCUT2D eigenvalue weighted by Crippen LogP contribution is -2.41. The Morgan fingerprint density at radius 3 is 2.21 bits per heavy atom. The van der Waals surface area contributed by atoms with Crippen LogP contribution in [0.4, 0.5) is 0 Å². The maximum absolute atomic E-state index is 11.1. The van der Waals surface area contributed by atoms with E-state index >= 15 is 0 Å². The number of rotatable bonds is 5. The Kier molecular flexibility index (Phi) is 4.77. The molecule has 5 nitrogen and oxygen atoms in total. The van der Waals surface area contributed by atoms with Crippen LogP contribution in [0.1, 0.15) is 53.5 Å². The third-order valence-corrected chi connectivity index (χ3v) is 5.11. The molecule has 0 bridgehead atoms. The number of carbonyl (C=O) groups is 1. The van der Waals surface area contributed by atoms with E-state index in [0.717, 1.165) is 11.0 Å². The van der Waals surface area contributed by atoms with Crippen molar-refractivity contribution in [3.8, 4) is 5.75 Å². The molecule has 1 heterocycles. The SMILES string of the molecule is COc1ccc(C(C)(C)CC(=O)O)cc1B1OC(C)(C)C(C)(C)O1. The highest BCUT2D eigenvalue weighted by atomic mass is 16.7. The van der Waals surface area contributed by atoms with E-state index in [0.29, 0.717) is 5.75 Å². The van der Waals surface area contributed by atoms with Crippen molar-refractivity contribution in [3.05, 3.63) is 23.8 Å². The van der Waals surface area contributed by atoms with Gasteiger partial charge >= 0.3 is 13.1 Å². The summed E-state index contributed by atoms with van der Waals surface area (Å²) in [6.45, 7) is 11.8. The van der Waals surface area contributed by atoms with E-state index in [1.54, 1.807) is 7.11 Å². The molecule has 132 valence electrons. The molecule has 0 spiro atoms. The van der Waals surface area contributed by atoms with Crippen molar-refractivity contribution in [2.45, 2.75) is 64.6 Å². The first-order valence-corrected chi connectivity index (χ1v) is 8.15. The largest absolute Gasteiger partial charge is 0.498 e. The molecular weight excluding hydrogens is 307 g/mol. The van der Waals surface area contributed by atoms with Crippen LogP contribution in [0.15, 0.2) is 18.2 Å². The van der Waals surface area contributed by atoms with E-state index in [2.05, 4.69) is 0 Å². The maximum Gasteiger partial charge on any atom is 0.498 e. The van der Waals surface area contributed by atoms with Gasteiger partial charge < -0.3 is 19.2 Å². The Balaban J connectivity index is 2.43. The minimum absolute atomic E-state index is 0.0438. The molecule has 2 rings (SSSR count). The number of aliphatic carboxylic acids is 1. The summed E-state index contributed by atoms with van der Waals surface area (Å²) in [4.78, 5) is 11.1. The summed E-state index contributed by atoms with van der Waals surface area (Å²) < 4.78 is 17.7. The smallest absolute Gasteiger partial charge is 0.497 e. The van der Waals surface area contributed by atoms with Crippen molar-refractivity contribution in [2.24, 2.45) is 0 Å². The third kappa shape index (κ3) is 3.45. The fraction of sp³-hybridized carbons (Fsp3) is 0.611. The highest BCUT2D eigenvalue weighted by Crippen LogP contribution is 2.38. The molecule has 0 amide bonds. The number of hydrogen-bond donors (Lipinski definition) is 1. The Morgan fingerprint density at radius 2 is 1.75 bits per heavy atom. The van der Waals surface area contributed by atoms with Gasteiger partial charge in [-0.15, -0.1) is 0 Å². The van der Waals surface area contributed by atoms with E-state index in [-0.39, 0.29) is 6.42 Å². The standard InChI is InChI=1S/C18H27BO5/c1-16(2,11-15(20)21)12-8-9-14(22-7)13(10-12)19-23-17(3,4)18(5,6)24-19/h8-10H,11H2,1-7H3,(H,20,21). The van der Waals surface area contributed by atoms with Crippen LogP contribution in [0.2, 0.25) is 0 Å².